The molecule has 0 rings (SSSR count). The maximum Gasteiger partial charge on any atom is 0.306 e. The maximum atomic E-state index is 12.9. The number of rotatable bonds is 59. The Hall–Kier alpha value is -2.11. The third kappa shape index (κ3) is 58.7. The number of hydrogen-bond acceptors (Lipinski definition) is 6. The van der Waals surface area contributed by atoms with Crippen LogP contribution in [0, 0.1) is 0 Å². The summed E-state index contributed by atoms with van der Waals surface area (Å²) >= 11 is 0. The molecule has 0 radical (unpaired) electrons. The van der Waals surface area contributed by atoms with E-state index in [-0.39, 0.29) is 31.1 Å². The third-order valence-electron chi connectivity index (χ3n) is 14.5. The highest BCUT2D eigenvalue weighted by Gasteiger charge is 2.19. The van der Waals surface area contributed by atoms with Gasteiger partial charge in [-0.2, -0.15) is 0 Å². The Balaban J connectivity index is 4.31. The van der Waals surface area contributed by atoms with Gasteiger partial charge in [-0.1, -0.05) is 308 Å². The van der Waals surface area contributed by atoms with Gasteiger partial charge < -0.3 is 14.2 Å². The molecule has 0 bridgehead atoms. The second-order valence-corrected chi connectivity index (χ2v) is 21.7. The highest BCUT2D eigenvalue weighted by atomic mass is 16.6. The molecule has 6 nitrogen and oxygen atoms in total. The number of ether oxygens (including phenoxy) is 3. The monoisotopic (exact) mass is 999 g/mol. The topological polar surface area (TPSA) is 78.9 Å². The van der Waals surface area contributed by atoms with Gasteiger partial charge in [0.2, 0.25) is 0 Å². The van der Waals surface area contributed by atoms with E-state index in [0.29, 0.717) is 19.3 Å². The fourth-order valence-electron chi connectivity index (χ4n) is 9.65. The number of esters is 3. The van der Waals surface area contributed by atoms with Crippen molar-refractivity contribution in [1.82, 2.24) is 0 Å². The Morgan fingerprint density at radius 3 is 0.803 bits per heavy atom. The SMILES string of the molecule is CCCCC/C=C/C/C=C/CCCCCCCCCCCC(=O)OC[C@@H](COC(=O)CCCCCCCCCCCCCCCCC)OC(=O)CCCCCCCCCCCCCCCCCCCCC. The molecule has 0 aromatic heterocycles. The van der Waals surface area contributed by atoms with Crippen LogP contribution in [0.1, 0.15) is 355 Å². The van der Waals surface area contributed by atoms with Crippen molar-refractivity contribution < 1.29 is 28.6 Å². The molecule has 0 amide bonds. The van der Waals surface area contributed by atoms with Crippen molar-refractivity contribution >= 4 is 17.9 Å². The largest absolute Gasteiger partial charge is 0.462 e. The Morgan fingerprint density at radius 1 is 0.282 bits per heavy atom. The van der Waals surface area contributed by atoms with Crippen LogP contribution in [0.15, 0.2) is 24.3 Å². The molecular weight excluding hydrogens is 877 g/mol. The van der Waals surface area contributed by atoms with E-state index < -0.39 is 6.10 Å². The summed E-state index contributed by atoms with van der Waals surface area (Å²) < 4.78 is 17.0. The quantitative estimate of drug-likeness (QED) is 0.0261. The highest BCUT2D eigenvalue weighted by Crippen LogP contribution is 2.18. The smallest absolute Gasteiger partial charge is 0.306 e. The fourth-order valence-corrected chi connectivity index (χ4v) is 9.65. The van der Waals surface area contributed by atoms with Gasteiger partial charge in [0.05, 0.1) is 0 Å². The van der Waals surface area contributed by atoms with Gasteiger partial charge in [-0.15, -0.1) is 0 Å². The van der Waals surface area contributed by atoms with Crippen molar-refractivity contribution in [2.75, 3.05) is 13.2 Å². The minimum Gasteiger partial charge on any atom is -0.462 e. The summed E-state index contributed by atoms with van der Waals surface area (Å²) in [7, 11) is 0. The maximum absolute atomic E-state index is 12.9. The highest BCUT2D eigenvalue weighted by molar-refractivity contribution is 5.71. The average Bonchev–Trinajstić information content (AvgIpc) is 3.37. The molecular formula is C65H122O6. The Bertz CT molecular complexity index is 1150. The number of carbonyl (C=O) groups excluding carboxylic acids is 3. The molecule has 1 atom stereocenters. The van der Waals surface area contributed by atoms with Gasteiger partial charge in [0.1, 0.15) is 13.2 Å². The zero-order valence-corrected chi connectivity index (χ0v) is 48.0. The predicted molar refractivity (Wildman–Crippen MR) is 307 cm³/mol. The molecule has 0 saturated carbocycles. The fraction of sp³-hybridized carbons (Fsp3) is 0.892. The first-order chi connectivity index (χ1) is 35.0. The van der Waals surface area contributed by atoms with Gasteiger partial charge in [0, 0.05) is 19.3 Å². The summed E-state index contributed by atoms with van der Waals surface area (Å²) in [6.07, 6.45) is 71.7. The van der Waals surface area contributed by atoms with Crippen molar-refractivity contribution in [3.8, 4) is 0 Å². The van der Waals surface area contributed by atoms with Crippen LogP contribution >= 0.6 is 0 Å². The van der Waals surface area contributed by atoms with Gasteiger partial charge >= 0.3 is 17.9 Å². The molecule has 0 heterocycles. The number of allylic oxidation sites excluding steroid dienone is 4. The summed E-state index contributed by atoms with van der Waals surface area (Å²) in [5.74, 6) is -0.842. The zero-order chi connectivity index (χ0) is 51.4. The molecule has 0 aliphatic rings. The van der Waals surface area contributed by atoms with E-state index in [1.54, 1.807) is 0 Å². The molecule has 71 heavy (non-hydrogen) atoms. The lowest BCUT2D eigenvalue weighted by atomic mass is 10.0. The van der Waals surface area contributed by atoms with Crippen molar-refractivity contribution in [1.29, 1.82) is 0 Å². The normalized spacial score (nSPS) is 12.1. The summed E-state index contributed by atoms with van der Waals surface area (Å²) in [6, 6.07) is 0. The molecule has 0 saturated heterocycles. The molecule has 0 aliphatic carbocycles. The van der Waals surface area contributed by atoms with E-state index in [1.807, 2.05) is 0 Å². The van der Waals surface area contributed by atoms with Crippen molar-refractivity contribution in [3.05, 3.63) is 24.3 Å². The summed E-state index contributed by atoms with van der Waals surface area (Å²) in [6.45, 7) is 6.68. The zero-order valence-electron chi connectivity index (χ0n) is 48.0. The minimum atomic E-state index is -0.768. The minimum absolute atomic E-state index is 0.0661. The van der Waals surface area contributed by atoms with E-state index in [2.05, 4.69) is 45.1 Å². The lowest BCUT2D eigenvalue weighted by Gasteiger charge is -2.18. The standard InChI is InChI=1S/C65H122O6/c1-4-7-10-13-16-19-22-25-28-30-32-34-37-40-43-46-49-52-55-58-64(67)70-61-62(60-69-63(66)57-54-51-48-45-42-39-36-27-24-21-18-15-12-9-6-3)71-65(68)59-56-53-50-47-44-41-38-35-33-31-29-26-23-20-17-14-11-8-5-2/h16,19,25,28,62H,4-15,17-18,20-24,26-27,29-61H2,1-3H3/b19-16+,28-25+/t62-/m1/s1. The second-order valence-electron chi connectivity index (χ2n) is 21.7. The van der Waals surface area contributed by atoms with E-state index in [1.165, 1.54) is 250 Å². The van der Waals surface area contributed by atoms with Crippen LogP contribution in [-0.4, -0.2) is 37.2 Å². The Labute approximate surface area is 443 Å². The van der Waals surface area contributed by atoms with Crippen molar-refractivity contribution in [2.45, 2.75) is 361 Å². The van der Waals surface area contributed by atoms with Gasteiger partial charge in [-0.3, -0.25) is 14.4 Å². The third-order valence-corrected chi connectivity index (χ3v) is 14.5. The van der Waals surface area contributed by atoms with E-state index >= 15 is 0 Å². The first kappa shape index (κ1) is 68.9. The molecule has 0 spiro atoms. The second kappa shape index (κ2) is 60.4. The summed E-state index contributed by atoms with van der Waals surface area (Å²) in [5.41, 5.74) is 0. The number of unbranched alkanes of at least 4 members (excludes halogenated alkanes) is 44. The van der Waals surface area contributed by atoms with Gasteiger partial charge in [0.25, 0.3) is 0 Å². The van der Waals surface area contributed by atoms with E-state index in [9.17, 15) is 14.4 Å². The molecule has 0 aromatic carbocycles. The molecule has 0 unspecified atom stereocenters. The van der Waals surface area contributed by atoms with Crippen LogP contribution in [0.3, 0.4) is 0 Å². The lowest BCUT2D eigenvalue weighted by Crippen LogP contribution is -2.30. The number of carbonyl (C=O) groups is 3. The first-order valence-corrected chi connectivity index (χ1v) is 31.8. The average molecular weight is 1000 g/mol. The van der Waals surface area contributed by atoms with Gasteiger partial charge in [0.15, 0.2) is 6.10 Å². The Morgan fingerprint density at radius 2 is 0.507 bits per heavy atom. The van der Waals surface area contributed by atoms with Crippen LogP contribution in [0.2, 0.25) is 0 Å². The van der Waals surface area contributed by atoms with Crippen LogP contribution in [-0.2, 0) is 28.6 Å². The summed E-state index contributed by atoms with van der Waals surface area (Å²) in [4.78, 5) is 38.3. The van der Waals surface area contributed by atoms with E-state index in [0.717, 1.165) is 64.2 Å². The van der Waals surface area contributed by atoms with Crippen LogP contribution in [0.25, 0.3) is 0 Å². The van der Waals surface area contributed by atoms with Crippen LogP contribution < -0.4 is 0 Å². The van der Waals surface area contributed by atoms with Crippen LogP contribution in [0.4, 0.5) is 0 Å². The predicted octanol–water partition coefficient (Wildman–Crippen LogP) is 21.4. The first-order valence-electron chi connectivity index (χ1n) is 31.8. The number of hydrogen-bond donors (Lipinski definition) is 0. The molecule has 6 heteroatoms. The molecule has 0 aromatic rings. The van der Waals surface area contributed by atoms with Gasteiger partial charge in [-0.25, -0.2) is 0 Å². The molecule has 0 aliphatic heterocycles. The lowest BCUT2D eigenvalue weighted by molar-refractivity contribution is -0.167. The van der Waals surface area contributed by atoms with Crippen molar-refractivity contribution in [3.63, 3.8) is 0 Å². The van der Waals surface area contributed by atoms with E-state index in [4.69, 9.17) is 14.2 Å². The molecule has 0 N–H and O–H groups in total. The summed E-state index contributed by atoms with van der Waals surface area (Å²) in [5, 5.41) is 0. The van der Waals surface area contributed by atoms with Gasteiger partial charge in [-0.05, 0) is 51.4 Å². The Kier molecular flexibility index (Phi) is 58.6. The van der Waals surface area contributed by atoms with Crippen LogP contribution in [0.5, 0.6) is 0 Å². The molecule has 418 valence electrons. The van der Waals surface area contributed by atoms with Crippen molar-refractivity contribution in [2.24, 2.45) is 0 Å². The molecule has 0 fully saturated rings.